The smallest absolute Gasteiger partial charge is 0.241 e. The van der Waals surface area contributed by atoms with Gasteiger partial charge in [0.15, 0.2) is 0 Å². The number of nitrogens with one attached hydrogen (secondary N) is 1. The lowest BCUT2D eigenvalue weighted by Gasteiger charge is -2.30. The molecule has 3 N–H and O–H groups in total. The quantitative estimate of drug-likeness (QED) is 0.762. The van der Waals surface area contributed by atoms with Crippen molar-refractivity contribution in [2.75, 3.05) is 11.4 Å². The van der Waals surface area contributed by atoms with Crippen LogP contribution in [0.3, 0.4) is 0 Å². The number of carbonyl (C=O) groups is 1. The van der Waals surface area contributed by atoms with Crippen molar-refractivity contribution in [1.29, 1.82) is 0 Å². The number of nitrogens with zero attached hydrogens (tertiary/aromatic N) is 1. The molecule has 0 radical (unpaired) electrons. The molecule has 6 nitrogen and oxygen atoms in total. The van der Waals surface area contributed by atoms with E-state index in [1.807, 2.05) is 27.7 Å². The summed E-state index contributed by atoms with van der Waals surface area (Å²) in [4.78, 5) is 13.7. The number of rotatable bonds is 6. The predicted molar refractivity (Wildman–Crippen MR) is 107 cm³/mol. The van der Waals surface area contributed by atoms with Gasteiger partial charge in [-0.25, -0.2) is 13.1 Å². The minimum Gasteiger partial charge on any atom is -0.329 e. The van der Waals surface area contributed by atoms with E-state index in [4.69, 9.17) is 5.73 Å². The molecule has 1 aliphatic rings. The SMILES string of the molecule is CC(=O)N1c2ccc(S(=O)(=O)NC(C)(CN)CC(C)C)cc2CC1C.Cl. The van der Waals surface area contributed by atoms with Crippen LogP contribution in [0.4, 0.5) is 5.69 Å². The summed E-state index contributed by atoms with van der Waals surface area (Å²) in [6, 6.07) is 4.98. The number of amides is 1. The van der Waals surface area contributed by atoms with Gasteiger partial charge in [-0.1, -0.05) is 13.8 Å². The molecule has 1 amide bonds. The van der Waals surface area contributed by atoms with Crippen LogP contribution in [0.25, 0.3) is 0 Å². The molecule has 2 atom stereocenters. The van der Waals surface area contributed by atoms with Crippen LogP contribution in [0.2, 0.25) is 0 Å². The van der Waals surface area contributed by atoms with Gasteiger partial charge in [-0.2, -0.15) is 0 Å². The number of hydrogen-bond acceptors (Lipinski definition) is 4. The molecular weight excluding hydrogens is 374 g/mol. The molecule has 0 spiro atoms. The monoisotopic (exact) mass is 403 g/mol. The average molecular weight is 404 g/mol. The van der Waals surface area contributed by atoms with Gasteiger partial charge in [0.2, 0.25) is 15.9 Å². The minimum atomic E-state index is -3.69. The third-order valence-corrected chi connectivity index (χ3v) is 6.24. The van der Waals surface area contributed by atoms with Gasteiger partial charge >= 0.3 is 0 Å². The van der Waals surface area contributed by atoms with E-state index in [9.17, 15) is 13.2 Å². The first-order valence-corrected chi connectivity index (χ1v) is 10.1. The van der Waals surface area contributed by atoms with Gasteiger partial charge in [0.1, 0.15) is 0 Å². The fraction of sp³-hybridized carbons (Fsp3) is 0.611. The molecule has 26 heavy (non-hydrogen) atoms. The fourth-order valence-corrected chi connectivity index (χ4v) is 5.18. The van der Waals surface area contributed by atoms with Crippen LogP contribution in [0, 0.1) is 5.92 Å². The summed E-state index contributed by atoms with van der Waals surface area (Å²) in [5.74, 6) is 0.286. The molecule has 8 heteroatoms. The molecule has 2 rings (SSSR count). The van der Waals surface area contributed by atoms with Crippen LogP contribution in [0.15, 0.2) is 23.1 Å². The number of anilines is 1. The second-order valence-electron chi connectivity index (χ2n) is 7.70. The highest BCUT2D eigenvalue weighted by Crippen LogP contribution is 2.34. The Morgan fingerprint density at radius 1 is 1.42 bits per heavy atom. The third-order valence-electron chi connectivity index (χ3n) is 4.61. The molecule has 0 saturated heterocycles. The number of nitrogens with two attached hydrogens (primary N) is 1. The highest BCUT2D eigenvalue weighted by molar-refractivity contribution is 7.89. The van der Waals surface area contributed by atoms with Crippen LogP contribution in [-0.2, 0) is 21.2 Å². The second-order valence-corrected chi connectivity index (χ2v) is 9.38. The third kappa shape index (κ3) is 4.76. The zero-order valence-corrected chi connectivity index (χ0v) is 17.7. The zero-order valence-electron chi connectivity index (χ0n) is 16.1. The van der Waals surface area contributed by atoms with Crippen LogP contribution in [0.5, 0.6) is 0 Å². The standard InChI is InChI=1S/C18H29N3O3S.ClH/c1-12(2)10-18(5,11-19)20-25(23,24)16-6-7-17-15(9-16)8-13(3)21(17)14(4)22;/h6-7,9,12-13,20H,8,10-11,19H2,1-5H3;1H. The first-order chi connectivity index (χ1) is 11.5. The van der Waals surface area contributed by atoms with E-state index < -0.39 is 15.6 Å². The van der Waals surface area contributed by atoms with Crippen LogP contribution < -0.4 is 15.4 Å². The molecule has 1 aliphatic heterocycles. The average Bonchev–Trinajstić information content (AvgIpc) is 2.80. The van der Waals surface area contributed by atoms with Crippen molar-refractivity contribution in [3.63, 3.8) is 0 Å². The first-order valence-electron chi connectivity index (χ1n) is 8.66. The van der Waals surface area contributed by atoms with Crippen LogP contribution in [0.1, 0.15) is 46.6 Å². The molecule has 1 aromatic rings. The van der Waals surface area contributed by atoms with E-state index in [2.05, 4.69) is 4.72 Å². The summed E-state index contributed by atoms with van der Waals surface area (Å²) in [5.41, 5.74) is 6.81. The maximum Gasteiger partial charge on any atom is 0.241 e. The molecule has 148 valence electrons. The molecule has 0 fully saturated rings. The lowest BCUT2D eigenvalue weighted by Crippen LogP contribution is -2.51. The molecule has 1 heterocycles. The molecule has 2 unspecified atom stereocenters. The number of benzene rings is 1. The number of hydrogen-bond donors (Lipinski definition) is 2. The Kier molecular flexibility index (Phi) is 7.26. The summed E-state index contributed by atoms with van der Waals surface area (Å²) in [5, 5.41) is 0. The van der Waals surface area contributed by atoms with Crippen LogP contribution in [-0.4, -0.2) is 32.5 Å². The number of halogens is 1. The van der Waals surface area contributed by atoms with E-state index in [0.29, 0.717) is 18.8 Å². The summed E-state index contributed by atoms with van der Waals surface area (Å²) in [6.45, 7) is 9.62. The Labute approximate surface area is 163 Å². The summed E-state index contributed by atoms with van der Waals surface area (Å²) in [7, 11) is -3.69. The number of carbonyl (C=O) groups excluding carboxylic acids is 1. The zero-order chi connectivity index (χ0) is 19.0. The molecule has 0 saturated carbocycles. The van der Waals surface area contributed by atoms with Gasteiger partial charge in [-0.05, 0) is 56.4 Å². The van der Waals surface area contributed by atoms with E-state index in [1.165, 1.54) is 6.92 Å². The first kappa shape index (κ1) is 22.9. The summed E-state index contributed by atoms with van der Waals surface area (Å²) >= 11 is 0. The number of fused-ring (bicyclic) bond motifs is 1. The van der Waals surface area contributed by atoms with Gasteiger partial charge in [-0.3, -0.25) is 4.79 Å². The second kappa shape index (κ2) is 8.25. The minimum absolute atomic E-state index is 0. The molecular formula is C18H30ClN3O3S. The normalized spacial score (nSPS) is 19.0. The predicted octanol–water partition coefficient (Wildman–Crippen LogP) is 2.45. The van der Waals surface area contributed by atoms with E-state index >= 15 is 0 Å². The molecule has 0 bridgehead atoms. The van der Waals surface area contributed by atoms with Crippen LogP contribution >= 0.6 is 12.4 Å². The van der Waals surface area contributed by atoms with Gasteiger partial charge in [-0.15, -0.1) is 12.4 Å². The maximum absolute atomic E-state index is 12.8. The highest BCUT2D eigenvalue weighted by Gasteiger charge is 2.33. The molecule has 0 aliphatic carbocycles. The van der Waals surface area contributed by atoms with Crippen molar-refractivity contribution < 1.29 is 13.2 Å². The molecule has 0 aromatic heterocycles. The summed E-state index contributed by atoms with van der Waals surface area (Å²) < 4.78 is 28.4. The van der Waals surface area contributed by atoms with E-state index in [0.717, 1.165) is 11.3 Å². The van der Waals surface area contributed by atoms with E-state index in [1.54, 1.807) is 23.1 Å². The van der Waals surface area contributed by atoms with Gasteiger partial charge in [0, 0.05) is 30.7 Å². The van der Waals surface area contributed by atoms with Gasteiger partial charge < -0.3 is 10.6 Å². The largest absolute Gasteiger partial charge is 0.329 e. The van der Waals surface area contributed by atoms with E-state index in [-0.39, 0.29) is 35.8 Å². The summed E-state index contributed by atoms with van der Waals surface area (Å²) in [6.07, 6.45) is 1.31. The van der Waals surface area contributed by atoms with Crippen molar-refractivity contribution in [3.05, 3.63) is 23.8 Å². The maximum atomic E-state index is 12.8. The number of sulfonamides is 1. The van der Waals surface area contributed by atoms with Crippen molar-refractivity contribution in [2.24, 2.45) is 11.7 Å². The van der Waals surface area contributed by atoms with Gasteiger partial charge in [0.25, 0.3) is 0 Å². The Bertz CT molecular complexity index is 767. The Balaban J connectivity index is 0.00000338. The van der Waals surface area contributed by atoms with Gasteiger partial charge in [0.05, 0.1) is 4.90 Å². The van der Waals surface area contributed by atoms with Crippen molar-refractivity contribution in [3.8, 4) is 0 Å². The molecule has 1 aromatic carbocycles. The van der Waals surface area contributed by atoms with Crippen molar-refractivity contribution in [1.82, 2.24) is 4.72 Å². The Morgan fingerprint density at radius 3 is 2.54 bits per heavy atom. The highest BCUT2D eigenvalue weighted by atomic mass is 35.5. The Hall–Kier alpha value is -1.15. The topological polar surface area (TPSA) is 92.5 Å². The van der Waals surface area contributed by atoms with Crippen molar-refractivity contribution in [2.45, 2.75) is 63.9 Å². The Morgan fingerprint density at radius 2 is 2.04 bits per heavy atom. The lowest BCUT2D eigenvalue weighted by molar-refractivity contribution is -0.116. The van der Waals surface area contributed by atoms with Crippen molar-refractivity contribution >= 4 is 34.0 Å². The lowest BCUT2D eigenvalue weighted by atomic mass is 9.92. The fourth-order valence-electron chi connectivity index (χ4n) is 3.71.